The number of benzene rings is 1. The molecule has 0 radical (unpaired) electrons. The number of piperidine rings is 1. The Bertz CT molecular complexity index is 1140. The van der Waals surface area contributed by atoms with E-state index in [-0.39, 0.29) is 12.0 Å². The molecule has 3 heterocycles. The van der Waals surface area contributed by atoms with Gasteiger partial charge in [-0.3, -0.25) is 4.79 Å². The zero-order valence-corrected chi connectivity index (χ0v) is 24.0. The maximum absolute atomic E-state index is 14.2. The number of anilines is 2. The molecule has 2 fully saturated rings. The molecule has 0 saturated carbocycles. The Kier molecular flexibility index (Phi) is 8.57. The summed E-state index contributed by atoms with van der Waals surface area (Å²) in [5.41, 5.74) is -0.389. The Morgan fingerprint density at radius 2 is 1.61 bits per heavy atom. The molecule has 9 nitrogen and oxygen atoms in total. The van der Waals surface area contributed by atoms with Crippen molar-refractivity contribution in [2.45, 2.75) is 51.6 Å². The van der Waals surface area contributed by atoms with Gasteiger partial charge in [-0.05, 0) is 58.2 Å². The summed E-state index contributed by atoms with van der Waals surface area (Å²) in [6.07, 6.45) is 2.18. The molecule has 2 amide bonds. The van der Waals surface area contributed by atoms with Gasteiger partial charge in [-0.1, -0.05) is 35.3 Å². The smallest absolute Gasteiger partial charge is 0.410 e. The van der Waals surface area contributed by atoms with Crippen LogP contribution in [-0.2, 0) is 14.9 Å². The van der Waals surface area contributed by atoms with Gasteiger partial charge in [0.2, 0.25) is 5.91 Å². The molecule has 0 atom stereocenters. The fourth-order valence-corrected chi connectivity index (χ4v) is 5.50. The molecule has 1 N–H and O–H groups in total. The second kappa shape index (κ2) is 11.5. The zero-order chi connectivity index (χ0) is 27.5. The van der Waals surface area contributed by atoms with E-state index in [0.29, 0.717) is 80.3 Å². The van der Waals surface area contributed by atoms with Crippen LogP contribution in [0.2, 0.25) is 10.0 Å². The minimum atomic E-state index is -0.740. The number of amides is 2. The number of piperazine rings is 1. The molecule has 0 unspecified atom stereocenters. The topological polar surface area (TPSA) is 90.9 Å². The van der Waals surface area contributed by atoms with Gasteiger partial charge < -0.3 is 24.8 Å². The fraction of sp³-hybridized carbons (Fsp3) is 0.556. The van der Waals surface area contributed by atoms with Crippen molar-refractivity contribution in [2.75, 3.05) is 56.0 Å². The summed E-state index contributed by atoms with van der Waals surface area (Å²) in [5.74, 6) is 1.35. The van der Waals surface area contributed by atoms with Crippen LogP contribution in [-0.4, -0.2) is 83.2 Å². The molecule has 206 valence electrons. The predicted molar refractivity (Wildman–Crippen MR) is 150 cm³/mol. The first-order valence-electron chi connectivity index (χ1n) is 13.1. The molecule has 0 spiro atoms. The molecule has 4 rings (SSSR count). The van der Waals surface area contributed by atoms with Crippen molar-refractivity contribution in [1.29, 1.82) is 0 Å². The van der Waals surface area contributed by atoms with E-state index in [1.54, 1.807) is 4.90 Å². The Labute approximate surface area is 234 Å². The third kappa shape index (κ3) is 6.10. The average molecular weight is 564 g/mol. The molecular formula is C27H36Cl2N6O3. The highest BCUT2D eigenvalue weighted by Crippen LogP contribution is 2.39. The van der Waals surface area contributed by atoms with E-state index in [9.17, 15) is 9.59 Å². The summed E-state index contributed by atoms with van der Waals surface area (Å²) in [5, 5.41) is 4.26. The first kappa shape index (κ1) is 28.2. The van der Waals surface area contributed by atoms with Gasteiger partial charge in [0.05, 0.1) is 5.41 Å². The molecule has 11 heteroatoms. The fourth-order valence-electron chi connectivity index (χ4n) is 5.09. The number of aromatic nitrogens is 2. The Morgan fingerprint density at radius 1 is 0.974 bits per heavy atom. The van der Waals surface area contributed by atoms with Gasteiger partial charge in [0.15, 0.2) is 5.82 Å². The van der Waals surface area contributed by atoms with Crippen LogP contribution in [0.15, 0.2) is 30.6 Å². The van der Waals surface area contributed by atoms with Crippen molar-refractivity contribution in [3.8, 4) is 0 Å². The molecular weight excluding hydrogens is 527 g/mol. The van der Waals surface area contributed by atoms with Crippen LogP contribution in [0.1, 0.15) is 46.1 Å². The summed E-state index contributed by atoms with van der Waals surface area (Å²) in [6.45, 7) is 11.4. The van der Waals surface area contributed by atoms with E-state index in [1.165, 1.54) is 6.33 Å². The van der Waals surface area contributed by atoms with Crippen LogP contribution in [0.3, 0.4) is 0 Å². The lowest BCUT2D eigenvalue weighted by Gasteiger charge is -2.45. The summed E-state index contributed by atoms with van der Waals surface area (Å²) >= 11 is 12.7. The van der Waals surface area contributed by atoms with Crippen molar-refractivity contribution in [3.63, 3.8) is 0 Å². The Hall–Kier alpha value is -2.78. The minimum Gasteiger partial charge on any atom is -0.444 e. The lowest BCUT2D eigenvalue weighted by atomic mass is 9.71. The van der Waals surface area contributed by atoms with E-state index in [2.05, 4.69) is 20.2 Å². The standard InChI is InChI=1S/C27H36Cl2N6O3/c1-5-30-22-21(29)23(32-18-31-22)33-14-16-34(17-15-33)24(36)27(19-6-8-20(28)9-7-19)10-12-35(13-11-27)25(37)38-26(2,3)4/h6-9,18H,5,10-17H2,1-4H3,(H,30,31,32). The van der Waals surface area contributed by atoms with Crippen LogP contribution in [0.5, 0.6) is 0 Å². The van der Waals surface area contributed by atoms with Gasteiger partial charge in [0.1, 0.15) is 22.8 Å². The lowest BCUT2D eigenvalue weighted by Crippen LogP contribution is -2.58. The third-order valence-corrected chi connectivity index (χ3v) is 7.66. The highest BCUT2D eigenvalue weighted by atomic mass is 35.5. The monoisotopic (exact) mass is 562 g/mol. The number of likely N-dealkylation sites (tertiary alicyclic amines) is 1. The second-order valence-electron chi connectivity index (χ2n) is 10.7. The molecule has 38 heavy (non-hydrogen) atoms. The van der Waals surface area contributed by atoms with E-state index < -0.39 is 11.0 Å². The minimum absolute atomic E-state index is 0.0745. The summed E-state index contributed by atoms with van der Waals surface area (Å²) in [6, 6.07) is 7.51. The molecule has 0 bridgehead atoms. The van der Waals surface area contributed by atoms with Crippen LogP contribution in [0.4, 0.5) is 16.4 Å². The number of carbonyl (C=O) groups is 2. The van der Waals surface area contributed by atoms with Gasteiger partial charge >= 0.3 is 6.09 Å². The molecule has 2 saturated heterocycles. The number of hydrogen-bond donors (Lipinski definition) is 1. The van der Waals surface area contributed by atoms with Crippen LogP contribution >= 0.6 is 23.2 Å². The van der Waals surface area contributed by atoms with Crippen molar-refractivity contribution >= 4 is 46.8 Å². The average Bonchev–Trinajstić information content (AvgIpc) is 2.89. The van der Waals surface area contributed by atoms with Crippen LogP contribution in [0, 0.1) is 0 Å². The highest BCUT2D eigenvalue weighted by Gasteiger charge is 2.46. The van der Waals surface area contributed by atoms with E-state index in [0.717, 1.165) is 5.56 Å². The number of ether oxygens (including phenoxy) is 1. The molecule has 2 aliphatic heterocycles. The van der Waals surface area contributed by atoms with Gasteiger partial charge in [-0.2, -0.15) is 0 Å². The molecule has 1 aromatic heterocycles. The number of nitrogens with one attached hydrogen (secondary N) is 1. The van der Waals surface area contributed by atoms with Gasteiger partial charge in [0, 0.05) is 50.8 Å². The molecule has 1 aromatic carbocycles. The van der Waals surface area contributed by atoms with Gasteiger partial charge in [0.25, 0.3) is 0 Å². The number of nitrogens with zero attached hydrogens (tertiary/aromatic N) is 5. The first-order valence-corrected chi connectivity index (χ1v) is 13.8. The number of rotatable bonds is 5. The Morgan fingerprint density at radius 3 is 2.18 bits per heavy atom. The summed E-state index contributed by atoms with van der Waals surface area (Å²) in [4.78, 5) is 41.2. The van der Waals surface area contributed by atoms with Gasteiger partial charge in [-0.15, -0.1) is 0 Å². The predicted octanol–water partition coefficient (Wildman–Crippen LogP) is 4.83. The van der Waals surface area contributed by atoms with Crippen molar-refractivity contribution in [3.05, 3.63) is 46.2 Å². The zero-order valence-electron chi connectivity index (χ0n) is 22.5. The SMILES string of the molecule is CCNc1ncnc(N2CCN(C(=O)C3(c4ccc(Cl)cc4)CCN(C(=O)OC(C)(C)C)CC3)CC2)c1Cl. The largest absolute Gasteiger partial charge is 0.444 e. The molecule has 0 aliphatic carbocycles. The van der Waals surface area contributed by atoms with E-state index >= 15 is 0 Å². The van der Waals surface area contributed by atoms with Crippen molar-refractivity contribution < 1.29 is 14.3 Å². The number of carbonyl (C=O) groups excluding carboxylic acids is 2. The number of halogens is 2. The maximum Gasteiger partial charge on any atom is 0.410 e. The quantitative estimate of drug-likeness (QED) is 0.557. The second-order valence-corrected chi connectivity index (χ2v) is 11.5. The summed E-state index contributed by atoms with van der Waals surface area (Å²) < 4.78 is 5.57. The maximum atomic E-state index is 14.2. The van der Waals surface area contributed by atoms with E-state index in [1.807, 2.05) is 56.9 Å². The molecule has 2 aliphatic rings. The van der Waals surface area contributed by atoms with E-state index in [4.69, 9.17) is 27.9 Å². The third-order valence-electron chi connectivity index (χ3n) is 7.06. The van der Waals surface area contributed by atoms with Crippen molar-refractivity contribution in [2.24, 2.45) is 0 Å². The van der Waals surface area contributed by atoms with Crippen LogP contribution < -0.4 is 10.2 Å². The Balaban J connectivity index is 1.50. The normalized spacial score (nSPS) is 17.8. The van der Waals surface area contributed by atoms with Crippen LogP contribution in [0.25, 0.3) is 0 Å². The highest BCUT2D eigenvalue weighted by molar-refractivity contribution is 6.35. The van der Waals surface area contributed by atoms with Gasteiger partial charge in [-0.25, -0.2) is 14.8 Å². The first-order chi connectivity index (χ1) is 18.0. The number of hydrogen-bond acceptors (Lipinski definition) is 7. The van der Waals surface area contributed by atoms with Crippen molar-refractivity contribution in [1.82, 2.24) is 19.8 Å². The summed E-state index contributed by atoms with van der Waals surface area (Å²) in [7, 11) is 0. The molecule has 2 aromatic rings. The lowest BCUT2D eigenvalue weighted by molar-refractivity contribution is -0.140.